The van der Waals surface area contributed by atoms with Gasteiger partial charge in [0.05, 0.1) is 5.69 Å². The number of nitrogens with zero attached hydrogens (tertiary/aromatic N) is 2. The van der Waals surface area contributed by atoms with Crippen LogP contribution >= 0.6 is 11.6 Å². The van der Waals surface area contributed by atoms with Crippen molar-refractivity contribution in [2.75, 3.05) is 13.1 Å². The minimum atomic E-state index is -0.347. The van der Waals surface area contributed by atoms with Gasteiger partial charge in [-0.15, -0.1) is 0 Å². The van der Waals surface area contributed by atoms with E-state index < -0.39 is 0 Å². The van der Waals surface area contributed by atoms with E-state index in [1.165, 1.54) is 12.1 Å². The molecule has 2 heterocycles. The fourth-order valence-corrected chi connectivity index (χ4v) is 3.73. The van der Waals surface area contributed by atoms with E-state index in [0.717, 1.165) is 0 Å². The molecule has 1 aliphatic heterocycles. The average molecular weight is 400 g/mol. The van der Waals surface area contributed by atoms with Crippen LogP contribution in [0.5, 0.6) is 0 Å². The fourth-order valence-electron chi connectivity index (χ4n) is 3.61. The molecule has 1 N–H and O–H groups in total. The molecule has 0 unspecified atom stereocenters. The van der Waals surface area contributed by atoms with Crippen molar-refractivity contribution in [2.45, 2.75) is 18.9 Å². The Hall–Kier alpha value is -2.86. The molecule has 0 bridgehead atoms. The quantitative estimate of drug-likeness (QED) is 0.720. The highest BCUT2D eigenvalue weighted by molar-refractivity contribution is 6.30. The minimum absolute atomic E-state index is 0.000303. The third-order valence-corrected chi connectivity index (χ3v) is 5.37. The summed E-state index contributed by atoms with van der Waals surface area (Å²) in [6.45, 7) is 1.14. The molecule has 7 heteroatoms. The second-order valence-electron chi connectivity index (χ2n) is 6.92. The number of amides is 1. The number of nitrogens with one attached hydrogen (secondary N) is 1. The second-order valence-corrected chi connectivity index (χ2v) is 7.36. The van der Waals surface area contributed by atoms with Gasteiger partial charge in [-0.25, -0.2) is 9.18 Å². The normalized spacial score (nSPS) is 15.0. The first-order chi connectivity index (χ1) is 13.5. The SMILES string of the molecule is O=C(c1ccc(Cl)cc1)N1CCC(n2cc(-c3cccc(F)c3)[nH]c2=O)CC1. The lowest BCUT2D eigenvalue weighted by Crippen LogP contribution is -2.40. The molecule has 1 fully saturated rings. The van der Waals surface area contributed by atoms with Gasteiger partial charge in [0.1, 0.15) is 5.82 Å². The number of carbonyl (C=O) groups excluding carboxylic acids is 1. The number of H-pyrrole nitrogens is 1. The van der Waals surface area contributed by atoms with E-state index in [1.54, 1.807) is 52.1 Å². The topological polar surface area (TPSA) is 58.1 Å². The van der Waals surface area contributed by atoms with Crippen LogP contribution in [-0.4, -0.2) is 33.4 Å². The number of hydrogen-bond donors (Lipinski definition) is 1. The van der Waals surface area contributed by atoms with E-state index in [-0.39, 0.29) is 23.5 Å². The lowest BCUT2D eigenvalue weighted by atomic mass is 10.0. The zero-order valence-corrected chi connectivity index (χ0v) is 15.8. The van der Waals surface area contributed by atoms with E-state index >= 15 is 0 Å². The molecular weight excluding hydrogens is 381 g/mol. The molecule has 0 atom stereocenters. The summed E-state index contributed by atoms with van der Waals surface area (Å²) >= 11 is 5.88. The van der Waals surface area contributed by atoms with Gasteiger partial charge in [-0.3, -0.25) is 9.36 Å². The Labute approximate surface area is 166 Å². The van der Waals surface area contributed by atoms with Crippen LogP contribution in [0.15, 0.2) is 59.5 Å². The van der Waals surface area contributed by atoms with Crippen LogP contribution in [0.25, 0.3) is 11.3 Å². The fraction of sp³-hybridized carbons (Fsp3) is 0.238. The summed E-state index contributed by atoms with van der Waals surface area (Å²) in [4.78, 5) is 29.6. The van der Waals surface area contributed by atoms with Crippen LogP contribution in [0, 0.1) is 5.82 Å². The standard InChI is InChI=1S/C21H19ClFN3O2/c22-16-6-4-14(5-7-16)20(27)25-10-8-18(9-11-25)26-13-19(24-21(26)28)15-2-1-3-17(23)12-15/h1-7,12-13,18H,8-11H2,(H,24,28). The van der Waals surface area contributed by atoms with Gasteiger partial charge in [0.15, 0.2) is 0 Å². The van der Waals surface area contributed by atoms with Crippen LogP contribution in [0.4, 0.5) is 4.39 Å². The van der Waals surface area contributed by atoms with E-state index in [9.17, 15) is 14.0 Å². The zero-order chi connectivity index (χ0) is 19.7. The minimum Gasteiger partial charge on any atom is -0.338 e. The summed E-state index contributed by atoms with van der Waals surface area (Å²) in [5, 5.41) is 0.594. The van der Waals surface area contributed by atoms with Gasteiger partial charge < -0.3 is 9.88 Å². The van der Waals surface area contributed by atoms with Crippen LogP contribution in [0.3, 0.4) is 0 Å². The summed E-state index contributed by atoms with van der Waals surface area (Å²) in [5.74, 6) is -0.378. The molecule has 0 spiro atoms. The highest BCUT2D eigenvalue weighted by Gasteiger charge is 2.26. The number of carbonyl (C=O) groups is 1. The van der Waals surface area contributed by atoms with Crippen molar-refractivity contribution in [1.29, 1.82) is 0 Å². The zero-order valence-electron chi connectivity index (χ0n) is 15.1. The van der Waals surface area contributed by atoms with Crippen LogP contribution in [0.2, 0.25) is 5.02 Å². The summed E-state index contributed by atoms with van der Waals surface area (Å²) in [6, 6.07) is 13.0. The molecule has 2 aromatic carbocycles. The number of imidazole rings is 1. The Morgan fingerprint density at radius 2 is 1.82 bits per heavy atom. The first kappa shape index (κ1) is 18.5. The van der Waals surface area contributed by atoms with Gasteiger partial charge in [-0.1, -0.05) is 23.7 Å². The summed E-state index contributed by atoms with van der Waals surface area (Å²) in [5.41, 5.74) is 1.60. The number of likely N-dealkylation sites (tertiary alicyclic amines) is 1. The third-order valence-electron chi connectivity index (χ3n) is 5.12. The molecule has 0 radical (unpaired) electrons. The molecule has 4 rings (SSSR count). The van der Waals surface area contributed by atoms with E-state index in [1.807, 2.05) is 0 Å². The maximum atomic E-state index is 13.5. The van der Waals surface area contributed by atoms with Gasteiger partial charge in [0.2, 0.25) is 0 Å². The van der Waals surface area contributed by atoms with Gasteiger partial charge in [0.25, 0.3) is 5.91 Å². The monoisotopic (exact) mass is 399 g/mol. The Balaban J connectivity index is 1.46. The number of halogens is 2. The number of aromatic nitrogens is 2. The molecule has 1 amide bonds. The van der Waals surface area contributed by atoms with Crippen molar-refractivity contribution in [1.82, 2.24) is 14.5 Å². The van der Waals surface area contributed by atoms with Crippen molar-refractivity contribution < 1.29 is 9.18 Å². The lowest BCUT2D eigenvalue weighted by Gasteiger charge is -2.32. The van der Waals surface area contributed by atoms with Crippen molar-refractivity contribution in [3.63, 3.8) is 0 Å². The van der Waals surface area contributed by atoms with Gasteiger partial charge in [0, 0.05) is 41.5 Å². The van der Waals surface area contributed by atoms with Crippen LogP contribution in [-0.2, 0) is 0 Å². The molecule has 0 saturated carbocycles. The van der Waals surface area contributed by atoms with Crippen molar-refractivity contribution >= 4 is 17.5 Å². The molecule has 28 heavy (non-hydrogen) atoms. The first-order valence-corrected chi connectivity index (χ1v) is 9.51. The average Bonchev–Trinajstić information content (AvgIpc) is 3.10. The first-order valence-electron chi connectivity index (χ1n) is 9.13. The number of piperidine rings is 1. The summed E-state index contributed by atoms with van der Waals surface area (Å²) in [7, 11) is 0. The molecule has 3 aromatic rings. The van der Waals surface area contributed by atoms with Gasteiger partial charge >= 0.3 is 5.69 Å². The molecule has 144 valence electrons. The Kier molecular flexibility index (Phi) is 5.05. The van der Waals surface area contributed by atoms with Crippen LogP contribution in [0.1, 0.15) is 29.2 Å². The lowest BCUT2D eigenvalue weighted by molar-refractivity contribution is 0.0693. The Morgan fingerprint density at radius 1 is 1.11 bits per heavy atom. The summed E-state index contributed by atoms with van der Waals surface area (Å²) < 4.78 is 15.1. The molecule has 5 nitrogen and oxygen atoms in total. The van der Waals surface area contributed by atoms with Crippen molar-refractivity contribution in [3.05, 3.63) is 81.6 Å². The van der Waals surface area contributed by atoms with Crippen molar-refractivity contribution in [2.24, 2.45) is 0 Å². The number of hydrogen-bond acceptors (Lipinski definition) is 2. The van der Waals surface area contributed by atoms with Gasteiger partial charge in [-0.2, -0.15) is 0 Å². The van der Waals surface area contributed by atoms with E-state index in [2.05, 4.69) is 4.98 Å². The summed E-state index contributed by atoms with van der Waals surface area (Å²) in [6.07, 6.45) is 3.10. The third kappa shape index (κ3) is 3.73. The number of rotatable bonds is 3. The van der Waals surface area contributed by atoms with Crippen LogP contribution < -0.4 is 5.69 Å². The smallest absolute Gasteiger partial charge is 0.326 e. The molecular formula is C21H19ClFN3O2. The van der Waals surface area contributed by atoms with Gasteiger partial charge in [-0.05, 0) is 49.2 Å². The predicted octanol–water partition coefficient (Wildman–Crippen LogP) is 4.11. The maximum Gasteiger partial charge on any atom is 0.326 e. The predicted molar refractivity (Wildman–Crippen MR) is 106 cm³/mol. The van der Waals surface area contributed by atoms with E-state index in [0.29, 0.717) is 47.8 Å². The highest BCUT2D eigenvalue weighted by Crippen LogP contribution is 2.25. The maximum absolute atomic E-state index is 13.5. The molecule has 0 aliphatic carbocycles. The van der Waals surface area contributed by atoms with Crippen molar-refractivity contribution in [3.8, 4) is 11.3 Å². The number of benzene rings is 2. The Bertz CT molecular complexity index is 1050. The van der Waals surface area contributed by atoms with E-state index in [4.69, 9.17) is 11.6 Å². The largest absolute Gasteiger partial charge is 0.338 e. The highest BCUT2D eigenvalue weighted by atomic mass is 35.5. The molecule has 1 aliphatic rings. The number of aromatic amines is 1. The second kappa shape index (κ2) is 7.64. The molecule has 1 saturated heterocycles. The Morgan fingerprint density at radius 3 is 2.50 bits per heavy atom. The molecule has 1 aromatic heterocycles.